The summed E-state index contributed by atoms with van der Waals surface area (Å²) in [7, 11) is 0. The van der Waals surface area contributed by atoms with Crippen molar-refractivity contribution >= 4 is 5.78 Å². The minimum atomic E-state index is -0.148. The lowest BCUT2D eigenvalue weighted by Crippen LogP contribution is -1.85. The van der Waals surface area contributed by atoms with Crippen molar-refractivity contribution in [2.45, 2.75) is 6.92 Å². The van der Waals surface area contributed by atoms with Gasteiger partial charge in [0.15, 0.2) is 11.5 Å². The van der Waals surface area contributed by atoms with Gasteiger partial charge in [-0.2, -0.15) is 0 Å². The van der Waals surface area contributed by atoms with Crippen molar-refractivity contribution in [3.63, 3.8) is 0 Å². The number of hydrogen-bond donors (Lipinski definition) is 0. The quantitative estimate of drug-likeness (QED) is 0.659. The van der Waals surface area contributed by atoms with E-state index < -0.39 is 0 Å². The minimum absolute atomic E-state index is 0.148. The molecule has 0 unspecified atom stereocenters. The normalized spacial score (nSPS) is 10.2. The fraction of sp³-hybridized carbons (Fsp3) is 0.111. The Morgan fingerprint density at radius 3 is 2.92 bits per heavy atom. The smallest absolute Gasteiger partial charge is 0.202 e. The Morgan fingerprint density at radius 1 is 1.54 bits per heavy atom. The average Bonchev–Trinajstić information content (AvgIpc) is 2.75. The lowest BCUT2D eigenvalue weighted by Gasteiger charge is -1.82. The maximum atomic E-state index is 10.9. The zero-order valence-electron chi connectivity index (χ0n) is 6.98. The van der Waals surface area contributed by atoms with E-state index in [4.69, 9.17) is 8.94 Å². The molecule has 0 atom stereocenters. The van der Waals surface area contributed by atoms with Gasteiger partial charge < -0.3 is 8.94 Å². The molecular formula is C9H7NO3. The Hall–Kier alpha value is -1.84. The molecule has 0 N–H and O–H groups in total. The summed E-state index contributed by atoms with van der Waals surface area (Å²) in [5, 5.41) is 3.69. The lowest BCUT2D eigenvalue weighted by atomic mass is 10.2. The van der Waals surface area contributed by atoms with E-state index in [1.165, 1.54) is 13.2 Å². The highest BCUT2D eigenvalue weighted by atomic mass is 16.5. The molecule has 0 fully saturated rings. The van der Waals surface area contributed by atoms with Gasteiger partial charge in [-0.1, -0.05) is 5.16 Å². The van der Waals surface area contributed by atoms with E-state index in [1.807, 2.05) is 0 Å². The molecule has 2 aromatic rings. The molecule has 0 bridgehead atoms. The number of hydrogen-bond acceptors (Lipinski definition) is 4. The first-order chi connectivity index (χ1) is 6.27. The van der Waals surface area contributed by atoms with Gasteiger partial charge in [-0.3, -0.25) is 4.79 Å². The topological polar surface area (TPSA) is 56.2 Å². The SMILES string of the molecule is CC(=O)c1cc(-c2ccco2)no1. The van der Waals surface area contributed by atoms with E-state index in [1.54, 1.807) is 18.2 Å². The van der Waals surface area contributed by atoms with Crippen molar-refractivity contribution < 1.29 is 13.7 Å². The summed E-state index contributed by atoms with van der Waals surface area (Å²) in [5.41, 5.74) is 0.537. The molecule has 2 aromatic heterocycles. The van der Waals surface area contributed by atoms with Crippen molar-refractivity contribution in [1.82, 2.24) is 5.16 Å². The summed E-state index contributed by atoms with van der Waals surface area (Å²) < 4.78 is 9.87. The van der Waals surface area contributed by atoms with Crippen LogP contribution in [0, 0.1) is 0 Å². The first kappa shape index (κ1) is 7.79. The largest absolute Gasteiger partial charge is 0.463 e. The van der Waals surface area contributed by atoms with Crippen molar-refractivity contribution in [1.29, 1.82) is 0 Å². The molecule has 0 amide bonds. The minimum Gasteiger partial charge on any atom is -0.463 e. The van der Waals surface area contributed by atoms with Crippen molar-refractivity contribution in [2.24, 2.45) is 0 Å². The third-order valence-corrected chi connectivity index (χ3v) is 1.63. The van der Waals surface area contributed by atoms with Crippen molar-refractivity contribution in [2.75, 3.05) is 0 Å². The van der Waals surface area contributed by atoms with Crippen LogP contribution in [0.1, 0.15) is 17.5 Å². The van der Waals surface area contributed by atoms with Gasteiger partial charge in [0.2, 0.25) is 5.76 Å². The van der Waals surface area contributed by atoms with Crippen LogP contribution >= 0.6 is 0 Å². The number of nitrogens with zero attached hydrogens (tertiary/aromatic N) is 1. The van der Waals surface area contributed by atoms with E-state index in [2.05, 4.69) is 5.16 Å². The van der Waals surface area contributed by atoms with Crippen LogP contribution in [-0.4, -0.2) is 10.9 Å². The molecule has 0 saturated carbocycles. The van der Waals surface area contributed by atoms with Crippen LogP contribution in [0.4, 0.5) is 0 Å². The second kappa shape index (κ2) is 2.90. The highest BCUT2D eigenvalue weighted by Crippen LogP contribution is 2.19. The third kappa shape index (κ3) is 1.38. The first-order valence-corrected chi connectivity index (χ1v) is 3.79. The van der Waals surface area contributed by atoms with Crippen LogP contribution in [0.3, 0.4) is 0 Å². The molecule has 4 nitrogen and oxygen atoms in total. The van der Waals surface area contributed by atoms with E-state index in [0.29, 0.717) is 11.5 Å². The molecule has 2 heterocycles. The zero-order chi connectivity index (χ0) is 9.26. The van der Waals surface area contributed by atoms with Crippen LogP contribution in [0.15, 0.2) is 33.4 Å². The molecule has 0 spiro atoms. The molecular weight excluding hydrogens is 170 g/mol. The van der Waals surface area contributed by atoms with Gasteiger partial charge in [0.1, 0.15) is 5.69 Å². The van der Waals surface area contributed by atoms with Crippen molar-refractivity contribution in [3.05, 3.63) is 30.2 Å². The Bertz CT molecular complexity index is 414. The molecule has 2 rings (SSSR count). The Labute approximate surface area is 74.1 Å². The van der Waals surface area contributed by atoms with Crippen LogP contribution < -0.4 is 0 Å². The van der Waals surface area contributed by atoms with Crippen LogP contribution in [-0.2, 0) is 0 Å². The van der Waals surface area contributed by atoms with Crippen LogP contribution in [0.5, 0.6) is 0 Å². The molecule has 0 radical (unpaired) electrons. The Kier molecular flexibility index (Phi) is 1.73. The Balaban J connectivity index is 2.39. The van der Waals surface area contributed by atoms with Gasteiger partial charge in [0, 0.05) is 13.0 Å². The summed E-state index contributed by atoms with van der Waals surface area (Å²) in [5.74, 6) is 0.688. The van der Waals surface area contributed by atoms with Gasteiger partial charge >= 0.3 is 0 Å². The number of carbonyl (C=O) groups is 1. The van der Waals surface area contributed by atoms with Crippen LogP contribution in [0.25, 0.3) is 11.5 Å². The second-order valence-electron chi connectivity index (χ2n) is 2.61. The number of ketones is 1. The maximum Gasteiger partial charge on any atom is 0.202 e. The number of carbonyl (C=O) groups excluding carboxylic acids is 1. The summed E-state index contributed by atoms with van der Waals surface area (Å²) in [4.78, 5) is 10.9. The fourth-order valence-electron chi connectivity index (χ4n) is 0.982. The molecule has 4 heteroatoms. The summed E-state index contributed by atoms with van der Waals surface area (Å²) >= 11 is 0. The number of Topliss-reactive ketones (excluding diaryl/α,β-unsaturated/α-hetero) is 1. The molecule has 66 valence electrons. The molecule has 0 aliphatic carbocycles. The van der Waals surface area contributed by atoms with E-state index in [0.717, 1.165) is 0 Å². The average molecular weight is 177 g/mol. The fourth-order valence-corrected chi connectivity index (χ4v) is 0.982. The molecule has 0 aromatic carbocycles. The molecule has 13 heavy (non-hydrogen) atoms. The number of rotatable bonds is 2. The number of aromatic nitrogens is 1. The van der Waals surface area contributed by atoms with Gasteiger partial charge in [0.05, 0.1) is 6.26 Å². The second-order valence-corrected chi connectivity index (χ2v) is 2.61. The van der Waals surface area contributed by atoms with Gasteiger partial charge in [-0.25, -0.2) is 0 Å². The number of furan rings is 1. The van der Waals surface area contributed by atoms with E-state index in [9.17, 15) is 4.79 Å². The van der Waals surface area contributed by atoms with E-state index >= 15 is 0 Å². The highest BCUT2D eigenvalue weighted by molar-refractivity contribution is 5.91. The van der Waals surface area contributed by atoms with Crippen LogP contribution in [0.2, 0.25) is 0 Å². The molecule has 0 aliphatic heterocycles. The highest BCUT2D eigenvalue weighted by Gasteiger charge is 2.10. The maximum absolute atomic E-state index is 10.9. The predicted molar refractivity (Wildman–Crippen MR) is 44.2 cm³/mol. The standard InChI is InChI=1S/C9H7NO3/c1-6(11)9-5-7(10-13-9)8-3-2-4-12-8/h2-5H,1H3. The lowest BCUT2D eigenvalue weighted by molar-refractivity contribution is 0.0978. The zero-order valence-corrected chi connectivity index (χ0v) is 6.98. The van der Waals surface area contributed by atoms with Crippen molar-refractivity contribution in [3.8, 4) is 11.5 Å². The van der Waals surface area contributed by atoms with E-state index in [-0.39, 0.29) is 11.5 Å². The monoisotopic (exact) mass is 177 g/mol. The predicted octanol–water partition coefficient (Wildman–Crippen LogP) is 2.14. The summed E-state index contributed by atoms with van der Waals surface area (Å²) in [6.45, 7) is 1.42. The molecule has 0 aliphatic rings. The first-order valence-electron chi connectivity index (χ1n) is 3.79. The summed E-state index contributed by atoms with van der Waals surface area (Å²) in [6.07, 6.45) is 1.54. The molecule has 0 saturated heterocycles. The van der Waals surface area contributed by atoms with Gasteiger partial charge in [0.25, 0.3) is 0 Å². The van der Waals surface area contributed by atoms with Gasteiger partial charge in [-0.05, 0) is 12.1 Å². The van der Waals surface area contributed by atoms with Gasteiger partial charge in [-0.15, -0.1) is 0 Å². The Morgan fingerprint density at radius 2 is 2.38 bits per heavy atom. The summed E-state index contributed by atoms with van der Waals surface area (Å²) in [6, 6.07) is 5.06. The third-order valence-electron chi connectivity index (χ3n) is 1.63.